The molecule has 0 fully saturated rings. The summed E-state index contributed by atoms with van der Waals surface area (Å²) >= 11 is 3.41. The Hall–Kier alpha value is -0.380. The van der Waals surface area contributed by atoms with Crippen molar-refractivity contribution in [3.05, 3.63) is 33.8 Å². The van der Waals surface area contributed by atoms with Crippen molar-refractivity contribution in [2.45, 2.75) is 31.4 Å². The average molecular weight is 256 g/mol. The molecule has 1 aromatic carbocycles. The lowest BCUT2D eigenvalue weighted by atomic mass is 9.99. The molecule has 1 aromatic rings. The van der Waals surface area contributed by atoms with E-state index in [2.05, 4.69) is 22.0 Å². The van der Waals surface area contributed by atoms with Gasteiger partial charge in [-0.25, -0.2) is 0 Å². The van der Waals surface area contributed by atoms with Gasteiger partial charge in [-0.05, 0) is 42.5 Å². The van der Waals surface area contributed by atoms with Gasteiger partial charge in [0.1, 0.15) is 0 Å². The molecule has 0 bridgehead atoms. The summed E-state index contributed by atoms with van der Waals surface area (Å²) in [5.41, 5.74) is 8.10. The second-order valence-corrected chi connectivity index (χ2v) is 4.76. The Kier molecular flexibility index (Phi) is 2.91. The van der Waals surface area contributed by atoms with Gasteiger partial charge in [-0.1, -0.05) is 22.0 Å². The van der Waals surface area contributed by atoms with E-state index in [9.17, 15) is 5.11 Å². The van der Waals surface area contributed by atoms with E-state index in [0.29, 0.717) is 0 Å². The number of hydrogen-bond donors (Lipinski definition) is 2. The van der Waals surface area contributed by atoms with Crippen molar-refractivity contribution in [1.82, 2.24) is 0 Å². The lowest BCUT2D eigenvalue weighted by Crippen LogP contribution is -2.27. The summed E-state index contributed by atoms with van der Waals surface area (Å²) in [5, 5.41) is 9.99. The van der Waals surface area contributed by atoms with Gasteiger partial charge in [0.15, 0.2) is 0 Å². The van der Waals surface area contributed by atoms with Crippen LogP contribution in [-0.2, 0) is 6.42 Å². The first-order valence-corrected chi connectivity index (χ1v) is 5.70. The molecule has 0 saturated heterocycles. The number of nitrogens with two attached hydrogens (primary N) is 1. The molecule has 3 N–H and O–H groups in total. The predicted molar refractivity (Wildman–Crippen MR) is 60.0 cm³/mol. The van der Waals surface area contributed by atoms with Crippen molar-refractivity contribution in [1.29, 1.82) is 0 Å². The number of fused-ring (bicyclic) bond motifs is 1. The molecule has 0 aliphatic heterocycles. The maximum Gasteiger partial charge on any atom is 0.0943 e. The second-order valence-electron chi connectivity index (χ2n) is 3.84. The highest BCUT2D eigenvalue weighted by atomic mass is 79.9. The summed E-state index contributed by atoms with van der Waals surface area (Å²) in [4.78, 5) is 0. The lowest BCUT2D eigenvalue weighted by molar-refractivity contribution is 0.144. The minimum absolute atomic E-state index is 0.120. The van der Waals surface area contributed by atoms with Gasteiger partial charge in [0.2, 0.25) is 0 Å². The molecule has 2 rings (SSSR count). The molecule has 2 nitrogen and oxygen atoms in total. The monoisotopic (exact) mass is 255 g/mol. The van der Waals surface area contributed by atoms with Crippen molar-refractivity contribution in [2.24, 2.45) is 5.73 Å². The van der Waals surface area contributed by atoms with Gasteiger partial charge in [0, 0.05) is 10.5 Å². The molecule has 14 heavy (non-hydrogen) atoms. The van der Waals surface area contributed by atoms with E-state index in [0.717, 1.165) is 29.3 Å². The summed E-state index contributed by atoms with van der Waals surface area (Å²) < 4.78 is 1.00. The second kappa shape index (κ2) is 4.01. The molecule has 0 heterocycles. The third-order valence-electron chi connectivity index (χ3n) is 2.82. The van der Waals surface area contributed by atoms with Crippen LogP contribution in [0, 0.1) is 0 Å². The van der Waals surface area contributed by atoms with Crippen LogP contribution < -0.4 is 5.73 Å². The lowest BCUT2D eigenvalue weighted by Gasteiger charge is -2.17. The van der Waals surface area contributed by atoms with Crippen molar-refractivity contribution >= 4 is 15.9 Å². The first-order chi connectivity index (χ1) is 6.68. The highest BCUT2D eigenvalue weighted by Gasteiger charge is 2.22. The Morgan fingerprint density at radius 1 is 1.43 bits per heavy atom. The Labute approximate surface area is 92.3 Å². The van der Waals surface area contributed by atoms with Crippen LogP contribution in [0.5, 0.6) is 0 Å². The smallest absolute Gasteiger partial charge is 0.0943 e. The maximum absolute atomic E-state index is 9.99. The molecular formula is C11H14BrNO. The van der Waals surface area contributed by atoms with Crippen LogP contribution >= 0.6 is 15.9 Å². The Bertz CT molecular complexity index is 340. The average Bonchev–Trinajstić information content (AvgIpc) is 2.30. The number of aliphatic hydroxyl groups excluding tert-OH is 1. The van der Waals surface area contributed by atoms with Gasteiger partial charge < -0.3 is 10.8 Å². The molecule has 0 saturated carbocycles. The van der Waals surface area contributed by atoms with E-state index < -0.39 is 6.10 Å². The molecule has 3 heteroatoms. The fraction of sp³-hybridized carbons (Fsp3) is 0.455. The molecular weight excluding hydrogens is 242 g/mol. The summed E-state index contributed by atoms with van der Waals surface area (Å²) in [6.07, 6.45) is 2.47. The number of aryl methyl sites for hydroxylation is 1. The van der Waals surface area contributed by atoms with Crippen molar-refractivity contribution in [3.8, 4) is 0 Å². The SMILES string of the molecule is N[C@@H]1CCCc2ccc(Br)cc2[C@@H]1O. The quantitative estimate of drug-likeness (QED) is 0.698. The van der Waals surface area contributed by atoms with E-state index in [1.54, 1.807) is 0 Å². The molecule has 76 valence electrons. The number of hydrogen-bond acceptors (Lipinski definition) is 2. The topological polar surface area (TPSA) is 46.2 Å². The molecule has 1 aliphatic rings. The van der Waals surface area contributed by atoms with E-state index in [4.69, 9.17) is 5.73 Å². The Balaban J connectivity index is 2.44. The maximum atomic E-state index is 9.99. The van der Waals surface area contributed by atoms with Crippen LogP contribution in [0.4, 0.5) is 0 Å². The fourth-order valence-corrected chi connectivity index (χ4v) is 2.36. The highest BCUT2D eigenvalue weighted by Crippen LogP contribution is 2.29. The molecule has 0 amide bonds. The third-order valence-corrected chi connectivity index (χ3v) is 3.31. The summed E-state index contributed by atoms with van der Waals surface area (Å²) in [6, 6.07) is 5.94. The number of benzene rings is 1. The summed E-state index contributed by atoms with van der Waals surface area (Å²) in [5.74, 6) is 0. The van der Waals surface area contributed by atoms with E-state index >= 15 is 0 Å². The van der Waals surface area contributed by atoms with Crippen LogP contribution in [0.2, 0.25) is 0 Å². The van der Waals surface area contributed by atoms with E-state index in [-0.39, 0.29) is 6.04 Å². The fourth-order valence-electron chi connectivity index (χ4n) is 1.99. The molecule has 0 spiro atoms. The van der Waals surface area contributed by atoms with Crippen molar-refractivity contribution in [2.75, 3.05) is 0 Å². The van der Waals surface area contributed by atoms with Crippen molar-refractivity contribution < 1.29 is 5.11 Å². The number of halogens is 1. The van der Waals surface area contributed by atoms with Crippen LogP contribution in [0.3, 0.4) is 0 Å². The normalized spacial score (nSPS) is 26.8. The highest BCUT2D eigenvalue weighted by molar-refractivity contribution is 9.10. The van der Waals surface area contributed by atoms with Gasteiger partial charge >= 0.3 is 0 Å². The number of aliphatic hydroxyl groups is 1. The zero-order valence-corrected chi connectivity index (χ0v) is 9.50. The Morgan fingerprint density at radius 2 is 2.21 bits per heavy atom. The van der Waals surface area contributed by atoms with Gasteiger partial charge in [-0.3, -0.25) is 0 Å². The first kappa shape index (κ1) is 10.1. The Morgan fingerprint density at radius 3 is 3.00 bits per heavy atom. The van der Waals surface area contributed by atoms with E-state index in [1.165, 1.54) is 5.56 Å². The molecule has 0 unspecified atom stereocenters. The minimum Gasteiger partial charge on any atom is -0.387 e. The van der Waals surface area contributed by atoms with Gasteiger partial charge in [0.25, 0.3) is 0 Å². The van der Waals surface area contributed by atoms with Crippen LogP contribution in [0.15, 0.2) is 22.7 Å². The van der Waals surface area contributed by atoms with Gasteiger partial charge in [-0.2, -0.15) is 0 Å². The number of rotatable bonds is 0. The summed E-state index contributed by atoms with van der Waals surface area (Å²) in [7, 11) is 0. The predicted octanol–water partition coefficient (Wildman–Crippen LogP) is 2.15. The standard InChI is InChI=1S/C11H14BrNO/c12-8-5-4-7-2-1-3-10(13)11(14)9(7)6-8/h4-6,10-11,14H,1-3,13H2/t10-,11+/m1/s1. The molecule has 0 radical (unpaired) electrons. The van der Waals surface area contributed by atoms with Gasteiger partial charge in [-0.15, -0.1) is 0 Å². The van der Waals surface area contributed by atoms with E-state index in [1.807, 2.05) is 12.1 Å². The first-order valence-electron chi connectivity index (χ1n) is 4.90. The van der Waals surface area contributed by atoms with Crippen LogP contribution in [0.25, 0.3) is 0 Å². The summed E-state index contributed by atoms with van der Waals surface area (Å²) in [6.45, 7) is 0. The van der Waals surface area contributed by atoms with Crippen molar-refractivity contribution in [3.63, 3.8) is 0 Å². The molecule has 2 atom stereocenters. The largest absolute Gasteiger partial charge is 0.387 e. The zero-order chi connectivity index (χ0) is 10.1. The zero-order valence-electron chi connectivity index (χ0n) is 7.91. The minimum atomic E-state index is -0.509. The van der Waals surface area contributed by atoms with Gasteiger partial charge in [0.05, 0.1) is 6.10 Å². The van der Waals surface area contributed by atoms with Crippen LogP contribution in [0.1, 0.15) is 30.1 Å². The van der Waals surface area contributed by atoms with Crippen LogP contribution in [-0.4, -0.2) is 11.1 Å². The molecule has 1 aliphatic carbocycles. The third kappa shape index (κ3) is 1.85. The molecule has 0 aromatic heterocycles.